The highest BCUT2D eigenvalue weighted by atomic mass is 16.5. The number of ether oxygens (including phenoxy) is 1. The molecule has 1 aromatic carbocycles. The maximum Gasteiger partial charge on any atom is 0.172 e. The van der Waals surface area contributed by atoms with Gasteiger partial charge in [-0.15, -0.1) is 0 Å². The Labute approximate surface area is 93.7 Å². The van der Waals surface area contributed by atoms with Gasteiger partial charge in [0.15, 0.2) is 5.78 Å². The van der Waals surface area contributed by atoms with Crippen LogP contribution in [0.1, 0.15) is 21.5 Å². The fraction of sp³-hybridized carbons (Fsp3) is 0.364. The van der Waals surface area contributed by atoms with Crippen molar-refractivity contribution in [3.05, 3.63) is 39.3 Å². The predicted molar refractivity (Wildman–Crippen MR) is 60.8 cm³/mol. The number of carbonyl (C=O) groups is 1. The summed E-state index contributed by atoms with van der Waals surface area (Å²) in [4.78, 5) is 14.3. The molecule has 5 nitrogen and oxygen atoms in total. The van der Waals surface area contributed by atoms with Crippen molar-refractivity contribution < 1.29 is 9.53 Å². The number of methoxy groups -OCH3 is 1. The first kappa shape index (κ1) is 12.1. The van der Waals surface area contributed by atoms with E-state index in [2.05, 4.69) is 10.0 Å². The van der Waals surface area contributed by atoms with Crippen molar-refractivity contribution in [1.82, 2.24) is 0 Å². The summed E-state index contributed by atoms with van der Waals surface area (Å²) in [5.74, 6) is 0.277. The molecule has 0 spiro atoms. The molecule has 0 atom stereocenters. The zero-order valence-corrected chi connectivity index (χ0v) is 9.52. The molecule has 0 aromatic heterocycles. The summed E-state index contributed by atoms with van der Waals surface area (Å²) in [5, 5.41) is 3.25. The van der Waals surface area contributed by atoms with Crippen LogP contribution >= 0.6 is 0 Å². The van der Waals surface area contributed by atoms with Crippen LogP contribution in [0.3, 0.4) is 0 Å². The van der Waals surface area contributed by atoms with Crippen LogP contribution in [-0.2, 0) is 0 Å². The summed E-state index contributed by atoms with van der Waals surface area (Å²) in [6.45, 7) is 3.67. The fourth-order valence-electron chi connectivity index (χ4n) is 1.36. The third-order valence-electron chi connectivity index (χ3n) is 2.39. The fourth-order valence-corrected chi connectivity index (χ4v) is 1.36. The van der Waals surface area contributed by atoms with Gasteiger partial charge in [0, 0.05) is 4.91 Å². The van der Waals surface area contributed by atoms with Crippen molar-refractivity contribution >= 4 is 5.78 Å². The van der Waals surface area contributed by atoms with Gasteiger partial charge in [0.1, 0.15) is 5.75 Å². The second-order valence-electron chi connectivity index (χ2n) is 3.45. The number of azide groups is 1. The van der Waals surface area contributed by atoms with Crippen molar-refractivity contribution in [3.63, 3.8) is 0 Å². The highest BCUT2D eigenvalue weighted by Crippen LogP contribution is 2.23. The van der Waals surface area contributed by atoms with E-state index in [-0.39, 0.29) is 12.3 Å². The first-order chi connectivity index (χ1) is 7.60. The van der Waals surface area contributed by atoms with Crippen molar-refractivity contribution in [1.29, 1.82) is 0 Å². The third kappa shape index (κ3) is 2.52. The summed E-state index contributed by atoms with van der Waals surface area (Å²) in [6, 6.07) is 3.56. The van der Waals surface area contributed by atoms with E-state index in [1.54, 1.807) is 12.1 Å². The van der Waals surface area contributed by atoms with Crippen LogP contribution in [0, 0.1) is 13.8 Å². The molecule has 0 aliphatic heterocycles. The third-order valence-corrected chi connectivity index (χ3v) is 2.39. The Morgan fingerprint density at radius 1 is 1.44 bits per heavy atom. The average Bonchev–Trinajstić information content (AvgIpc) is 2.28. The lowest BCUT2D eigenvalue weighted by Gasteiger charge is -2.09. The summed E-state index contributed by atoms with van der Waals surface area (Å²) in [7, 11) is 1.51. The minimum absolute atomic E-state index is 0.185. The van der Waals surface area contributed by atoms with Gasteiger partial charge in [0.25, 0.3) is 0 Å². The number of carbonyl (C=O) groups excluding carboxylic acids is 1. The van der Waals surface area contributed by atoms with Crippen molar-refractivity contribution in [2.75, 3.05) is 13.7 Å². The molecule has 0 bridgehead atoms. The topological polar surface area (TPSA) is 75.1 Å². The van der Waals surface area contributed by atoms with Crippen molar-refractivity contribution in [2.24, 2.45) is 5.11 Å². The molecular formula is C11H13N3O2. The molecule has 0 heterocycles. The number of aryl methyl sites for hydroxylation is 2. The molecule has 0 aliphatic carbocycles. The predicted octanol–water partition coefficient (Wildman–Crippen LogP) is 2.81. The normalized spacial score (nSPS) is 9.44. The van der Waals surface area contributed by atoms with E-state index in [1.807, 2.05) is 13.8 Å². The number of ketones is 1. The van der Waals surface area contributed by atoms with Gasteiger partial charge in [-0.3, -0.25) is 4.79 Å². The quantitative estimate of drug-likeness (QED) is 0.338. The van der Waals surface area contributed by atoms with E-state index in [1.165, 1.54) is 7.11 Å². The van der Waals surface area contributed by atoms with Crippen molar-refractivity contribution in [2.45, 2.75) is 13.8 Å². The van der Waals surface area contributed by atoms with Crippen LogP contribution in [0.25, 0.3) is 10.4 Å². The molecule has 0 amide bonds. The molecular weight excluding hydrogens is 206 g/mol. The van der Waals surface area contributed by atoms with Crippen LogP contribution in [0.4, 0.5) is 0 Å². The molecule has 0 N–H and O–H groups in total. The first-order valence-corrected chi connectivity index (χ1v) is 4.79. The van der Waals surface area contributed by atoms with Gasteiger partial charge in [0.2, 0.25) is 0 Å². The minimum Gasteiger partial charge on any atom is -0.496 e. The van der Waals surface area contributed by atoms with Gasteiger partial charge in [-0.05, 0) is 42.6 Å². The Hall–Kier alpha value is -2.00. The zero-order valence-electron chi connectivity index (χ0n) is 9.52. The second kappa shape index (κ2) is 5.19. The lowest BCUT2D eigenvalue weighted by atomic mass is 10.0. The lowest BCUT2D eigenvalue weighted by Crippen LogP contribution is -2.06. The number of hydrogen-bond donors (Lipinski definition) is 0. The SMILES string of the molecule is COc1cc(C)c(C)cc1C(=O)CN=[N+]=[N-]. The van der Waals surface area contributed by atoms with Crippen LogP contribution in [0.2, 0.25) is 0 Å². The summed E-state index contributed by atoms with van der Waals surface area (Å²) in [6.07, 6.45) is 0. The number of benzene rings is 1. The Morgan fingerprint density at radius 2 is 2.06 bits per heavy atom. The van der Waals surface area contributed by atoms with E-state index in [9.17, 15) is 4.79 Å². The highest BCUT2D eigenvalue weighted by Gasteiger charge is 2.12. The molecule has 0 aliphatic rings. The van der Waals surface area contributed by atoms with Gasteiger partial charge in [-0.25, -0.2) is 0 Å². The van der Waals surface area contributed by atoms with E-state index in [0.29, 0.717) is 11.3 Å². The largest absolute Gasteiger partial charge is 0.496 e. The molecule has 16 heavy (non-hydrogen) atoms. The summed E-state index contributed by atoms with van der Waals surface area (Å²) >= 11 is 0. The van der Waals surface area contributed by atoms with Gasteiger partial charge < -0.3 is 4.74 Å². The van der Waals surface area contributed by atoms with E-state index in [4.69, 9.17) is 10.3 Å². The van der Waals surface area contributed by atoms with Gasteiger partial charge in [0.05, 0.1) is 19.2 Å². The van der Waals surface area contributed by atoms with Crippen molar-refractivity contribution in [3.8, 4) is 5.75 Å². The Kier molecular flexibility index (Phi) is 3.91. The highest BCUT2D eigenvalue weighted by molar-refractivity contribution is 6.00. The Balaban J connectivity index is 3.15. The molecule has 0 saturated heterocycles. The number of hydrogen-bond acceptors (Lipinski definition) is 3. The molecule has 1 aromatic rings. The summed E-state index contributed by atoms with van der Waals surface area (Å²) < 4.78 is 5.13. The van der Waals surface area contributed by atoms with E-state index < -0.39 is 0 Å². The van der Waals surface area contributed by atoms with Gasteiger partial charge in [-0.2, -0.15) is 0 Å². The Bertz CT molecular complexity index is 463. The van der Waals surface area contributed by atoms with Crippen LogP contribution in [-0.4, -0.2) is 19.4 Å². The van der Waals surface area contributed by atoms with Gasteiger partial charge in [-0.1, -0.05) is 5.11 Å². The molecule has 0 saturated carbocycles. The van der Waals surface area contributed by atoms with Gasteiger partial charge >= 0.3 is 0 Å². The van der Waals surface area contributed by atoms with E-state index in [0.717, 1.165) is 11.1 Å². The van der Waals surface area contributed by atoms with Crippen LogP contribution < -0.4 is 4.74 Å². The Morgan fingerprint density at radius 3 is 2.62 bits per heavy atom. The second-order valence-corrected chi connectivity index (χ2v) is 3.45. The lowest BCUT2D eigenvalue weighted by molar-refractivity contribution is 0.0998. The molecule has 0 unspecified atom stereocenters. The monoisotopic (exact) mass is 219 g/mol. The van der Waals surface area contributed by atoms with Crippen LogP contribution in [0.5, 0.6) is 5.75 Å². The number of nitrogens with zero attached hydrogens (tertiary/aromatic N) is 3. The number of Topliss-reactive ketones (excluding diaryl/α,β-unsaturated/α-hetero) is 1. The molecule has 1 rings (SSSR count). The van der Waals surface area contributed by atoms with E-state index >= 15 is 0 Å². The van der Waals surface area contributed by atoms with Crippen LogP contribution in [0.15, 0.2) is 17.2 Å². The number of rotatable bonds is 4. The molecule has 0 fully saturated rings. The smallest absolute Gasteiger partial charge is 0.172 e. The maximum absolute atomic E-state index is 11.7. The first-order valence-electron chi connectivity index (χ1n) is 4.79. The maximum atomic E-state index is 11.7. The molecule has 84 valence electrons. The minimum atomic E-state index is -0.238. The summed E-state index contributed by atoms with van der Waals surface area (Å²) in [5.41, 5.74) is 10.7. The average molecular weight is 219 g/mol. The molecule has 0 radical (unpaired) electrons. The standard InChI is InChI=1S/C11H13N3O2/c1-7-4-9(10(15)6-13-14-12)11(16-3)5-8(7)2/h4-5H,6H2,1-3H3. The molecule has 5 heteroatoms. The zero-order chi connectivity index (χ0) is 12.1.